The topological polar surface area (TPSA) is 79.7 Å². The second kappa shape index (κ2) is 11.2. The van der Waals surface area contributed by atoms with Crippen LogP contribution in [-0.4, -0.2) is 39.0 Å². The van der Waals surface area contributed by atoms with Crippen molar-refractivity contribution in [3.8, 4) is 0 Å². The molecule has 0 saturated carbocycles. The van der Waals surface area contributed by atoms with Crippen LogP contribution in [0.3, 0.4) is 0 Å². The maximum atomic E-state index is 13.9. The molecular formula is C27H26Cl2N2O4. The summed E-state index contributed by atoms with van der Waals surface area (Å²) in [6.07, 6.45) is 3.07. The molecule has 0 spiro atoms. The summed E-state index contributed by atoms with van der Waals surface area (Å²) in [5.41, 5.74) is 2.42. The zero-order chi connectivity index (χ0) is 24.9. The number of ether oxygens (including phenoxy) is 1. The summed E-state index contributed by atoms with van der Waals surface area (Å²) >= 11 is 12.3. The Morgan fingerprint density at radius 1 is 1.00 bits per heavy atom. The number of amides is 1. The van der Waals surface area contributed by atoms with Crippen molar-refractivity contribution >= 4 is 35.1 Å². The summed E-state index contributed by atoms with van der Waals surface area (Å²) in [5, 5.41) is 11.3. The number of pyridine rings is 1. The van der Waals surface area contributed by atoms with Crippen LogP contribution >= 0.6 is 23.2 Å². The molecule has 2 aromatic carbocycles. The highest BCUT2D eigenvalue weighted by molar-refractivity contribution is 6.30. The van der Waals surface area contributed by atoms with E-state index < -0.39 is 30.3 Å². The largest absolute Gasteiger partial charge is 0.480 e. The van der Waals surface area contributed by atoms with Gasteiger partial charge in [0.25, 0.3) is 5.91 Å². The van der Waals surface area contributed by atoms with Crippen LogP contribution in [-0.2, 0) is 20.7 Å². The van der Waals surface area contributed by atoms with Gasteiger partial charge in [-0.3, -0.25) is 9.78 Å². The number of morpholine rings is 1. The van der Waals surface area contributed by atoms with E-state index in [2.05, 4.69) is 4.98 Å². The van der Waals surface area contributed by atoms with Crippen molar-refractivity contribution in [3.63, 3.8) is 0 Å². The predicted molar refractivity (Wildman–Crippen MR) is 134 cm³/mol. The molecule has 1 saturated heterocycles. The Kier molecular flexibility index (Phi) is 8.06. The summed E-state index contributed by atoms with van der Waals surface area (Å²) < 4.78 is 6.48. The first-order valence-corrected chi connectivity index (χ1v) is 12.2. The van der Waals surface area contributed by atoms with Gasteiger partial charge in [0, 0.05) is 28.9 Å². The number of benzene rings is 2. The second-order valence-electron chi connectivity index (χ2n) is 8.54. The molecule has 0 radical (unpaired) electrons. The van der Waals surface area contributed by atoms with Gasteiger partial charge in [0.2, 0.25) is 0 Å². The van der Waals surface area contributed by atoms with Crippen LogP contribution in [0.4, 0.5) is 0 Å². The van der Waals surface area contributed by atoms with Crippen molar-refractivity contribution in [2.75, 3.05) is 0 Å². The van der Waals surface area contributed by atoms with E-state index in [1.807, 2.05) is 43.3 Å². The molecule has 2 heterocycles. The van der Waals surface area contributed by atoms with Gasteiger partial charge in [-0.15, -0.1) is 0 Å². The third kappa shape index (κ3) is 5.67. The van der Waals surface area contributed by atoms with Gasteiger partial charge >= 0.3 is 5.97 Å². The van der Waals surface area contributed by atoms with Gasteiger partial charge in [-0.1, -0.05) is 60.8 Å². The maximum absolute atomic E-state index is 13.9. The van der Waals surface area contributed by atoms with Gasteiger partial charge in [0.1, 0.15) is 18.2 Å². The third-order valence-corrected chi connectivity index (χ3v) is 6.69. The van der Waals surface area contributed by atoms with Gasteiger partial charge in [-0.25, -0.2) is 4.79 Å². The predicted octanol–water partition coefficient (Wildman–Crippen LogP) is 5.89. The van der Waals surface area contributed by atoms with Crippen molar-refractivity contribution < 1.29 is 19.4 Å². The van der Waals surface area contributed by atoms with Crippen LogP contribution in [0.5, 0.6) is 0 Å². The molecule has 0 bridgehead atoms. The fourth-order valence-corrected chi connectivity index (χ4v) is 4.79. The minimum absolute atomic E-state index is 0.299. The number of rotatable bonds is 8. The lowest BCUT2D eigenvalue weighted by atomic mass is 9.89. The SMILES string of the molecule is CCC[C@H](C(=O)O)N1C(=O)C(Cc2ccncc2)OC(c2ccc(Cl)cc2)C1c1ccc(Cl)cc1. The quantitative estimate of drug-likeness (QED) is 0.406. The normalized spacial score (nSPS) is 21.1. The number of carboxylic acid groups (broad SMARTS) is 1. The van der Waals surface area contributed by atoms with Crippen LogP contribution in [0.15, 0.2) is 73.1 Å². The molecule has 1 fully saturated rings. The molecule has 1 aliphatic rings. The van der Waals surface area contributed by atoms with E-state index in [1.165, 1.54) is 4.90 Å². The van der Waals surface area contributed by atoms with Gasteiger partial charge in [0.05, 0.1) is 6.04 Å². The summed E-state index contributed by atoms with van der Waals surface area (Å²) in [6.45, 7) is 1.91. The summed E-state index contributed by atoms with van der Waals surface area (Å²) in [7, 11) is 0. The van der Waals surface area contributed by atoms with Crippen LogP contribution in [0.25, 0.3) is 0 Å². The van der Waals surface area contributed by atoms with Gasteiger partial charge < -0.3 is 14.7 Å². The number of carbonyl (C=O) groups excluding carboxylic acids is 1. The lowest BCUT2D eigenvalue weighted by Crippen LogP contribution is -2.57. The molecule has 182 valence electrons. The third-order valence-electron chi connectivity index (χ3n) is 6.19. The van der Waals surface area contributed by atoms with Crippen molar-refractivity contribution in [3.05, 3.63) is 99.8 Å². The Morgan fingerprint density at radius 2 is 1.57 bits per heavy atom. The molecule has 1 amide bonds. The Bertz CT molecular complexity index is 1160. The number of aliphatic carboxylic acids is 1. The van der Waals surface area contributed by atoms with Gasteiger partial charge in [-0.05, 0) is 59.5 Å². The lowest BCUT2D eigenvalue weighted by molar-refractivity contribution is -0.184. The first-order valence-electron chi connectivity index (χ1n) is 11.5. The van der Waals surface area contributed by atoms with Crippen molar-refractivity contribution in [1.82, 2.24) is 9.88 Å². The molecule has 8 heteroatoms. The molecule has 4 atom stereocenters. The molecule has 1 aromatic heterocycles. The fraction of sp³-hybridized carbons (Fsp3) is 0.296. The number of carbonyl (C=O) groups is 2. The molecule has 1 aliphatic heterocycles. The minimum atomic E-state index is -1.04. The molecular weight excluding hydrogens is 487 g/mol. The standard InChI is InChI=1S/C27H26Cl2N2O4/c1-2-3-22(27(33)34)31-24(18-4-8-20(28)9-5-18)25(19-6-10-21(29)11-7-19)35-23(26(31)32)16-17-12-14-30-15-13-17/h4-15,22-25H,2-3,16H2,1H3,(H,33,34)/t22-,23?,24?,25?/m1/s1. The fourth-order valence-electron chi connectivity index (χ4n) is 4.54. The monoisotopic (exact) mass is 512 g/mol. The number of carboxylic acids is 1. The number of aromatic nitrogens is 1. The zero-order valence-corrected chi connectivity index (χ0v) is 20.7. The van der Waals surface area contributed by atoms with E-state index >= 15 is 0 Å². The zero-order valence-electron chi connectivity index (χ0n) is 19.2. The first kappa shape index (κ1) is 25.2. The molecule has 4 rings (SSSR count). The molecule has 3 unspecified atom stereocenters. The van der Waals surface area contributed by atoms with Crippen molar-refractivity contribution in [2.24, 2.45) is 0 Å². The number of nitrogens with zero attached hydrogens (tertiary/aromatic N) is 2. The maximum Gasteiger partial charge on any atom is 0.326 e. The second-order valence-corrected chi connectivity index (χ2v) is 9.41. The summed E-state index contributed by atoms with van der Waals surface area (Å²) in [5.74, 6) is -1.40. The highest BCUT2D eigenvalue weighted by atomic mass is 35.5. The Morgan fingerprint density at radius 3 is 2.11 bits per heavy atom. The molecule has 3 aromatic rings. The first-order chi connectivity index (χ1) is 16.9. The number of hydrogen-bond donors (Lipinski definition) is 1. The van der Waals surface area contributed by atoms with Crippen molar-refractivity contribution in [2.45, 2.75) is 50.5 Å². The number of halogens is 2. The van der Waals surface area contributed by atoms with E-state index in [9.17, 15) is 14.7 Å². The van der Waals surface area contributed by atoms with E-state index in [4.69, 9.17) is 27.9 Å². The smallest absolute Gasteiger partial charge is 0.326 e. The van der Waals surface area contributed by atoms with E-state index in [0.717, 1.165) is 16.7 Å². The van der Waals surface area contributed by atoms with Gasteiger partial charge in [-0.2, -0.15) is 0 Å². The Balaban J connectivity index is 1.85. The molecule has 6 nitrogen and oxygen atoms in total. The highest BCUT2D eigenvalue weighted by Gasteiger charge is 2.48. The Hall–Kier alpha value is -2.93. The van der Waals surface area contributed by atoms with Crippen LogP contribution in [0, 0.1) is 0 Å². The average Bonchev–Trinajstić information content (AvgIpc) is 2.85. The van der Waals surface area contributed by atoms with Crippen LogP contribution in [0.2, 0.25) is 10.0 Å². The Labute approximate surface area is 214 Å². The molecule has 35 heavy (non-hydrogen) atoms. The van der Waals surface area contributed by atoms with Crippen LogP contribution in [0.1, 0.15) is 48.6 Å². The number of hydrogen-bond acceptors (Lipinski definition) is 4. The summed E-state index contributed by atoms with van der Waals surface area (Å²) in [6, 6.07) is 16.3. The van der Waals surface area contributed by atoms with E-state index in [0.29, 0.717) is 29.3 Å². The summed E-state index contributed by atoms with van der Waals surface area (Å²) in [4.78, 5) is 31.9. The minimum Gasteiger partial charge on any atom is -0.480 e. The lowest BCUT2D eigenvalue weighted by Gasteiger charge is -2.47. The van der Waals surface area contributed by atoms with Crippen LogP contribution < -0.4 is 0 Å². The van der Waals surface area contributed by atoms with E-state index in [1.54, 1.807) is 36.7 Å². The van der Waals surface area contributed by atoms with Crippen molar-refractivity contribution in [1.29, 1.82) is 0 Å². The molecule has 0 aliphatic carbocycles. The van der Waals surface area contributed by atoms with Gasteiger partial charge in [0.15, 0.2) is 0 Å². The molecule has 1 N–H and O–H groups in total. The highest BCUT2D eigenvalue weighted by Crippen LogP contribution is 2.44. The van der Waals surface area contributed by atoms with E-state index in [-0.39, 0.29) is 5.91 Å². The average molecular weight is 513 g/mol.